The van der Waals surface area contributed by atoms with Gasteiger partial charge in [-0.15, -0.1) is 0 Å². The molecule has 1 N–H and O–H groups in total. The van der Waals surface area contributed by atoms with Crippen molar-refractivity contribution in [1.82, 2.24) is 0 Å². The van der Waals surface area contributed by atoms with Gasteiger partial charge in [-0.2, -0.15) is 10.5 Å². The van der Waals surface area contributed by atoms with E-state index in [9.17, 15) is 20.4 Å². The minimum atomic E-state index is -0.490. The fourth-order valence-corrected chi connectivity index (χ4v) is 5.89. The van der Waals surface area contributed by atoms with Crippen molar-refractivity contribution in [3.63, 3.8) is 0 Å². The molecule has 2 aliphatic rings. The third-order valence-corrected chi connectivity index (χ3v) is 7.99. The summed E-state index contributed by atoms with van der Waals surface area (Å²) in [5.74, 6) is 1.32. The van der Waals surface area contributed by atoms with Crippen molar-refractivity contribution >= 4 is 5.97 Å². The molecule has 0 amide bonds. The zero-order valence-electron chi connectivity index (χ0n) is 22.0. The van der Waals surface area contributed by atoms with Crippen LogP contribution < -0.4 is 0 Å². The molecule has 4 unspecified atom stereocenters. The summed E-state index contributed by atoms with van der Waals surface area (Å²) in [6.45, 7) is 9.80. The SMILES string of the molecule is CC(C#N)C(C#N)CC(CC(C)C1CCC(OCC(=O)OC(C)(C)C)CC1)C1CCC(O)CC1. The number of hydrogen-bond donors (Lipinski definition) is 1. The standard InChI is InChI=1S/C28H46N2O4/c1-19(21-8-12-26(13-9-21)33-18-27(32)34-28(3,4)5)14-23(15-24(17-30)20(2)16-29)22-6-10-25(31)11-7-22/h19-26,31H,6-15,18H2,1-5H3. The molecule has 192 valence electrons. The normalized spacial score (nSPS) is 29.2. The van der Waals surface area contributed by atoms with Crippen molar-refractivity contribution in [2.24, 2.45) is 35.5 Å². The lowest BCUT2D eigenvalue weighted by Crippen LogP contribution is -2.32. The van der Waals surface area contributed by atoms with Gasteiger partial charge in [-0.1, -0.05) is 6.92 Å². The van der Waals surface area contributed by atoms with Gasteiger partial charge in [-0.25, -0.2) is 4.79 Å². The lowest BCUT2D eigenvalue weighted by molar-refractivity contribution is -0.163. The fourth-order valence-electron chi connectivity index (χ4n) is 5.89. The van der Waals surface area contributed by atoms with Crippen LogP contribution in [0.4, 0.5) is 0 Å². The van der Waals surface area contributed by atoms with Crippen molar-refractivity contribution in [2.75, 3.05) is 6.61 Å². The van der Waals surface area contributed by atoms with Crippen LogP contribution in [0.2, 0.25) is 0 Å². The average molecular weight is 475 g/mol. The van der Waals surface area contributed by atoms with Crippen molar-refractivity contribution < 1.29 is 19.4 Å². The summed E-state index contributed by atoms with van der Waals surface area (Å²) >= 11 is 0. The Morgan fingerprint density at radius 1 is 0.941 bits per heavy atom. The van der Waals surface area contributed by atoms with E-state index in [4.69, 9.17) is 9.47 Å². The van der Waals surface area contributed by atoms with E-state index in [0.29, 0.717) is 23.7 Å². The molecular formula is C28H46N2O4. The van der Waals surface area contributed by atoms with Crippen LogP contribution in [-0.4, -0.2) is 35.5 Å². The molecule has 0 aromatic carbocycles. The first-order valence-electron chi connectivity index (χ1n) is 13.3. The van der Waals surface area contributed by atoms with E-state index in [0.717, 1.165) is 64.2 Å². The van der Waals surface area contributed by atoms with Crippen molar-refractivity contribution in [3.05, 3.63) is 0 Å². The van der Waals surface area contributed by atoms with Gasteiger partial charge in [0.1, 0.15) is 12.2 Å². The number of esters is 1. The topological polar surface area (TPSA) is 103 Å². The predicted octanol–water partition coefficient (Wildman–Crippen LogP) is 5.79. The zero-order valence-corrected chi connectivity index (χ0v) is 22.0. The van der Waals surface area contributed by atoms with Crippen LogP contribution in [0.3, 0.4) is 0 Å². The molecule has 6 nitrogen and oxygen atoms in total. The highest BCUT2D eigenvalue weighted by molar-refractivity contribution is 5.71. The lowest BCUT2D eigenvalue weighted by atomic mass is 9.68. The number of hydrogen-bond acceptors (Lipinski definition) is 6. The molecule has 4 atom stereocenters. The molecule has 2 rings (SSSR count). The Morgan fingerprint density at radius 2 is 1.53 bits per heavy atom. The third kappa shape index (κ3) is 9.55. The highest BCUT2D eigenvalue weighted by atomic mass is 16.6. The van der Waals surface area contributed by atoms with Crippen LogP contribution in [-0.2, 0) is 14.3 Å². The number of aliphatic hydroxyl groups is 1. The second-order valence-electron chi connectivity index (χ2n) is 11.9. The zero-order chi connectivity index (χ0) is 25.3. The van der Waals surface area contributed by atoms with Crippen LogP contribution in [0.5, 0.6) is 0 Å². The van der Waals surface area contributed by atoms with Gasteiger partial charge in [0.15, 0.2) is 0 Å². The summed E-state index contributed by atoms with van der Waals surface area (Å²) < 4.78 is 11.2. The molecule has 0 aliphatic heterocycles. The molecule has 0 bridgehead atoms. The van der Waals surface area contributed by atoms with E-state index in [-0.39, 0.29) is 36.6 Å². The van der Waals surface area contributed by atoms with Crippen LogP contribution >= 0.6 is 0 Å². The smallest absolute Gasteiger partial charge is 0.332 e. The van der Waals surface area contributed by atoms with Crippen molar-refractivity contribution in [1.29, 1.82) is 10.5 Å². The summed E-state index contributed by atoms with van der Waals surface area (Å²) in [7, 11) is 0. The van der Waals surface area contributed by atoms with E-state index in [2.05, 4.69) is 19.1 Å². The largest absolute Gasteiger partial charge is 0.458 e. The molecule has 0 spiro atoms. The number of rotatable bonds is 10. The maximum absolute atomic E-state index is 11.9. The quantitative estimate of drug-likeness (QED) is 0.402. The number of nitrogens with zero attached hydrogens (tertiary/aromatic N) is 2. The van der Waals surface area contributed by atoms with E-state index < -0.39 is 5.60 Å². The summed E-state index contributed by atoms with van der Waals surface area (Å²) in [5.41, 5.74) is -0.490. The van der Waals surface area contributed by atoms with Gasteiger partial charge < -0.3 is 14.6 Å². The Labute approximate surface area is 207 Å². The molecular weight excluding hydrogens is 428 g/mol. The number of carbonyl (C=O) groups is 1. The molecule has 0 heterocycles. The third-order valence-electron chi connectivity index (χ3n) is 7.99. The minimum absolute atomic E-state index is 0.0182. The molecule has 0 aromatic rings. The van der Waals surface area contributed by atoms with Gasteiger partial charge in [0, 0.05) is 0 Å². The maximum Gasteiger partial charge on any atom is 0.332 e. The van der Waals surface area contributed by atoms with Crippen LogP contribution in [0, 0.1) is 58.2 Å². The van der Waals surface area contributed by atoms with E-state index in [1.807, 2.05) is 27.7 Å². The molecule has 2 aliphatic carbocycles. The summed E-state index contributed by atoms with van der Waals surface area (Å²) in [6, 6.07) is 4.68. The van der Waals surface area contributed by atoms with Crippen LogP contribution in [0.15, 0.2) is 0 Å². The monoisotopic (exact) mass is 474 g/mol. The summed E-state index contributed by atoms with van der Waals surface area (Å²) in [5, 5.41) is 29.0. The maximum atomic E-state index is 11.9. The summed E-state index contributed by atoms with van der Waals surface area (Å²) in [6.07, 6.45) is 9.62. The number of nitriles is 2. The Hall–Kier alpha value is -1.63. The molecule has 2 fully saturated rings. The van der Waals surface area contributed by atoms with Gasteiger partial charge >= 0.3 is 5.97 Å². The Morgan fingerprint density at radius 3 is 2.06 bits per heavy atom. The van der Waals surface area contributed by atoms with Gasteiger partial charge in [-0.3, -0.25) is 0 Å². The number of aliphatic hydroxyl groups excluding tert-OH is 1. The highest BCUT2D eigenvalue weighted by Crippen LogP contribution is 2.42. The lowest BCUT2D eigenvalue weighted by Gasteiger charge is -2.38. The Balaban J connectivity index is 1.88. The molecule has 2 saturated carbocycles. The average Bonchev–Trinajstić information content (AvgIpc) is 2.79. The fraction of sp³-hybridized carbons (Fsp3) is 0.893. The minimum Gasteiger partial charge on any atom is -0.458 e. The van der Waals surface area contributed by atoms with Gasteiger partial charge in [-0.05, 0) is 116 Å². The van der Waals surface area contributed by atoms with Gasteiger partial charge in [0.25, 0.3) is 0 Å². The first kappa shape index (κ1) is 28.6. The number of carbonyl (C=O) groups excluding carboxylic acids is 1. The predicted molar refractivity (Wildman–Crippen MR) is 131 cm³/mol. The van der Waals surface area contributed by atoms with E-state index >= 15 is 0 Å². The first-order valence-corrected chi connectivity index (χ1v) is 13.3. The highest BCUT2D eigenvalue weighted by Gasteiger charge is 2.34. The second kappa shape index (κ2) is 13.5. The van der Waals surface area contributed by atoms with Crippen LogP contribution in [0.1, 0.15) is 98.8 Å². The summed E-state index contributed by atoms with van der Waals surface area (Å²) in [4.78, 5) is 11.9. The molecule has 0 aromatic heterocycles. The van der Waals surface area contributed by atoms with E-state index in [1.165, 1.54) is 0 Å². The molecule has 34 heavy (non-hydrogen) atoms. The van der Waals surface area contributed by atoms with Crippen molar-refractivity contribution in [3.8, 4) is 12.1 Å². The van der Waals surface area contributed by atoms with Crippen LogP contribution in [0.25, 0.3) is 0 Å². The Kier molecular flexibility index (Phi) is 11.3. The number of ether oxygens (including phenoxy) is 2. The molecule has 6 heteroatoms. The van der Waals surface area contributed by atoms with E-state index in [1.54, 1.807) is 0 Å². The van der Waals surface area contributed by atoms with Gasteiger partial charge in [0.05, 0.1) is 36.2 Å². The molecule has 0 saturated heterocycles. The van der Waals surface area contributed by atoms with Crippen molar-refractivity contribution in [2.45, 2.75) is 117 Å². The molecule has 0 radical (unpaired) electrons. The Bertz CT molecular complexity index is 703. The second-order valence-corrected chi connectivity index (χ2v) is 11.9. The first-order chi connectivity index (χ1) is 16.0. The van der Waals surface area contributed by atoms with Gasteiger partial charge in [0.2, 0.25) is 0 Å².